The topological polar surface area (TPSA) is 20.2 Å². The monoisotopic (exact) mass is 210 g/mol. The van der Waals surface area contributed by atoms with Crippen molar-refractivity contribution >= 4 is 0 Å². The third-order valence-electron chi connectivity index (χ3n) is 5.57. The molecule has 1 N–H and O–H groups in total. The van der Waals surface area contributed by atoms with Crippen LogP contribution < -0.4 is 0 Å². The van der Waals surface area contributed by atoms with Crippen LogP contribution >= 0.6 is 0 Å². The maximum atomic E-state index is 10.4. The second-order valence-corrected chi connectivity index (χ2v) is 6.06. The van der Waals surface area contributed by atoms with Crippen molar-refractivity contribution in [2.45, 2.75) is 65.4 Å². The molecule has 0 radical (unpaired) electrons. The minimum Gasteiger partial charge on any atom is -0.390 e. The van der Waals surface area contributed by atoms with Gasteiger partial charge in [0.15, 0.2) is 0 Å². The molecule has 3 saturated carbocycles. The van der Waals surface area contributed by atoms with Crippen molar-refractivity contribution in [1.29, 1.82) is 0 Å². The molecule has 3 aliphatic rings. The summed E-state index contributed by atoms with van der Waals surface area (Å²) in [4.78, 5) is 0. The van der Waals surface area contributed by atoms with Crippen LogP contribution in [-0.4, -0.2) is 10.7 Å². The highest BCUT2D eigenvalue weighted by molar-refractivity contribution is 5.15. The SMILES string of the molecule is CC.CC1(O)CC2CC1(C)C1CCCC21. The molecule has 1 heteroatoms. The van der Waals surface area contributed by atoms with Crippen molar-refractivity contribution < 1.29 is 5.11 Å². The molecule has 0 saturated heterocycles. The van der Waals surface area contributed by atoms with E-state index in [0.717, 1.165) is 24.2 Å². The van der Waals surface area contributed by atoms with Crippen molar-refractivity contribution in [2.75, 3.05) is 0 Å². The lowest BCUT2D eigenvalue weighted by Crippen LogP contribution is -2.46. The molecule has 1 nitrogen and oxygen atoms in total. The Morgan fingerprint density at radius 1 is 1.07 bits per heavy atom. The zero-order valence-electron chi connectivity index (χ0n) is 10.7. The molecular weight excluding hydrogens is 184 g/mol. The van der Waals surface area contributed by atoms with Crippen LogP contribution in [0, 0.1) is 23.2 Å². The van der Waals surface area contributed by atoms with E-state index in [2.05, 4.69) is 13.8 Å². The summed E-state index contributed by atoms with van der Waals surface area (Å²) in [5.74, 6) is 2.68. The van der Waals surface area contributed by atoms with Crippen molar-refractivity contribution in [3.05, 3.63) is 0 Å². The van der Waals surface area contributed by atoms with Gasteiger partial charge in [-0.1, -0.05) is 27.2 Å². The Labute approximate surface area is 94.3 Å². The molecule has 3 fully saturated rings. The highest BCUT2D eigenvalue weighted by Gasteiger charge is 2.65. The molecule has 0 spiro atoms. The fourth-order valence-electron chi connectivity index (χ4n) is 4.78. The van der Waals surface area contributed by atoms with E-state index in [1.807, 2.05) is 13.8 Å². The predicted molar refractivity (Wildman–Crippen MR) is 63.6 cm³/mol. The third-order valence-corrected chi connectivity index (χ3v) is 5.57. The first kappa shape index (κ1) is 11.4. The number of fused-ring (bicyclic) bond motifs is 5. The number of hydrogen-bond donors (Lipinski definition) is 1. The first-order valence-electron chi connectivity index (χ1n) is 6.77. The van der Waals surface area contributed by atoms with E-state index in [0.29, 0.717) is 0 Å². The molecule has 3 rings (SSSR count). The van der Waals surface area contributed by atoms with Gasteiger partial charge in [-0.05, 0) is 55.8 Å². The standard InChI is InChI=1S/C12H20O.C2H6/c1-11-6-8(7-12(11,2)13)9-4-3-5-10(9)11;1-2/h8-10,13H,3-7H2,1-2H3;1-2H3. The molecule has 0 aromatic carbocycles. The van der Waals surface area contributed by atoms with E-state index in [1.165, 1.54) is 25.7 Å². The molecule has 88 valence electrons. The van der Waals surface area contributed by atoms with E-state index < -0.39 is 0 Å². The van der Waals surface area contributed by atoms with Crippen molar-refractivity contribution in [1.82, 2.24) is 0 Å². The van der Waals surface area contributed by atoms with Gasteiger partial charge in [0.2, 0.25) is 0 Å². The first-order valence-corrected chi connectivity index (χ1v) is 6.77. The van der Waals surface area contributed by atoms with Gasteiger partial charge >= 0.3 is 0 Å². The van der Waals surface area contributed by atoms with Crippen LogP contribution in [0.4, 0.5) is 0 Å². The van der Waals surface area contributed by atoms with E-state index in [4.69, 9.17) is 0 Å². The van der Waals surface area contributed by atoms with Crippen LogP contribution in [0.1, 0.15) is 59.8 Å². The maximum Gasteiger partial charge on any atom is 0.0678 e. The van der Waals surface area contributed by atoms with Gasteiger partial charge in [-0.15, -0.1) is 0 Å². The van der Waals surface area contributed by atoms with Crippen molar-refractivity contribution in [2.24, 2.45) is 23.2 Å². The average Bonchev–Trinajstić information content (AvgIpc) is 2.79. The van der Waals surface area contributed by atoms with Gasteiger partial charge in [0.25, 0.3) is 0 Å². The van der Waals surface area contributed by atoms with Gasteiger partial charge in [0.1, 0.15) is 0 Å². The van der Waals surface area contributed by atoms with E-state index >= 15 is 0 Å². The fraction of sp³-hybridized carbons (Fsp3) is 1.00. The molecule has 3 aliphatic carbocycles. The summed E-state index contributed by atoms with van der Waals surface area (Å²) in [6, 6.07) is 0. The molecule has 5 atom stereocenters. The summed E-state index contributed by atoms with van der Waals surface area (Å²) in [5, 5.41) is 10.4. The summed E-state index contributed by atoms with van der Waals surface area (Å²) in [5.41, 5.74) is -0.0952. The zero-order valence-corrected chi connectivity index (χ0v) is 10.7. The van der Waals surface area contributed by atoms with Crippen LogP contribution in [-0.2, 0) is 0 Å². The Balaban J connectivity index is 0.000000404. The van der Waals surface area contributed by atoms with Gasteiger partial charge in [0.05, 0.1) is 5.60 Å². The number of aliphatic hydroxyl groups is 1. The minimum atomic E-state index is -0.358. The summed E-state index contributed by atoms with van der Waals surface area (Å²) in [7, 11) is 0. The fourth-order valence-corrected chi connectivity index (χ4v) is 4.78. The third kappa shape index (κ3) is 1.32. The van der Waals surface area contributed by atoms with E-state index in [1.54, 1.807) is 0 Å². The van der Waals surface area contributed by atoms with Gasteiger partial charge < -0.3 is 5.11 Å². The van der Waals surface area contributed by atoms with Gasteiger partial charge in [-0.3, -0.25) is 0 Å². The Hall–Kier alpha value is -0.0400. The van der Waals surface area contributed by atoms with Crippen LogP contribution in [0.15, 0.2) is 0 Å². The molecule has 0 aromatic heterocycles. The Morgan fingerprint density at radius 3 is 2.40 bits per heavy atom. The number of hydrogen-bond acceptors (Lipinski definition) is 1. The lowest BCUT2D eigenvalue weighted by molar-refractivity contribution is -0.0865. The largest absolute Gasteiger partial charge is 0.390 e. The smallest absolute Gasteiger partial charge is 0.0678 e. The molecule has 0 aromatic rings. The lowest BCUT2D eigenvalue weighted by atomic mass is 9.64. The summed E-state index contributed by atoms with van der Waals surface area (Å²) >= 11 is 0. The quantitative estimate of drug-likeness (QED) is 0.647. The maximum absolute atomic E-state index is 10.4. The molecule has 5 unspecified atom stereocenters. The molecular formula is C14H26O. The highest BCUT2D eigenvalue weighted by Crippen LogP contribution is 2.68. The predicted octanol–water partition coefficient (Wildman–Crippen LogP) is 3.61. The molecule has 0 heterocycles. The summed E-state index contributed by atoms with van der Waals surface area (Å²) in [6.07, 6.45) is 6.62. The van der Waals surface area contributed by atoms with Crippen LogP contribution in [0.25, 0.3) is 0 Å². The minimum absolute atomic E-state index is 0.263. The average molecular weight is 210 g/mol. The second-order valence-electron chi connectivity index (χ2n) is 6.06. The van der Waals surface area contributed by atoms with Gasteiger partial charge in [-0.2, -0.15) is 0 Å². The van der Waals surface area contributed by atoms with Gasteiger partial charge in [0, 0.05) is 0 Å². The molecule has 0 aliphatic heterocycles. The Morgan fingerprint density at radius 2 is 1.73 bits per heavy atom. The molecule has 0 amide bonds. The van der Waals surface area contributed by atoms with Crippen molar-refractivity contribution in [3.63, 3.8) is 0 Å². The Bertz CT molecular complexity index is 246. The number of rotatable bonds is 0. The van der Waals surface area contributed by atoms with E-state index in [9.17, 15) is 5.11 Å². The van der Waals surface area contributed by atoms with E-state index in [-0.39, 0.29) is 11.0 Å². The normalized spacial score (nSPS) is 56.2. The molecule has 15 heavy (non-hydrogen) atoms. The van der Waals surface area contributed by atoms with Crippen molar-refractivity contribution in [3.8, 4) is 0 Å². The summed E-state index contributed by atoms with van der Waals surface area (Å²) in [6.45, 7) is 8.41. The van der Waals surface area contributed by atoms with Crippen LogP contribution in [0.2, 0.25) is 0 Å². The van der Waals surface area contributed by atoms with Gasteiger partial charge in [-0.25, -0.2) is 0 Å². The zero-order chi connectivity index (χ0) is 11.3. The summed E-state index contributed by atoms with van der Waals surface area (Å²) < 4.78 is 0. The van der Waals surface area contributed by atoms with Crippen LogP contribution in [0.3, 0.4) is 0 Å². The Kier molecular flexibility index (Phi) is 2.65. The molecule has 2 bridgehead atoms. The second kappa shape index (κ2) is 3.48. The first-order chi connectivity index (χ1) is 7.05. The highest BCUT2D eigenvalue weighted by atomic mass is 16.3. The lowest BCUT2D eigenvalue weighted by Gasteiger charge is -2.44. The van der Waals surface area contributed by atoms with Crippen LogP contribution in [0.5, 0.6) is 0 Å².